The average Bonchev–Trinajstić information content (AvgIpc) is 4.11. The summed E-state index contributed by atoms with van der Waals surface area (Å²) >= 11 is 9.35. The second-order valence-electron chi connectivity index (χ2n) is 20.5. The number of hydrogen-bond donors (Lipinski definition) is 4. The number of nitrogens with zero attached hydrogens (tertiary/aromatic N) is 4. The van der Waals surface area contributed by atoms with Gasteiger partial charge in [-0.05, 0) is 142 Å². The molecule has 78 heavy (non-hydrogen) atoms. The van der Waals surface area contributed by atoms with Gasteiger partial charge in [0, 0.05) is 120 Å². The van der Waals surface area contributed by atoms with E-state index in [0.29, 0.717) is 98.7 Å². The molecule has 1 saturated heterocycles. The molecular weight excluding hydrogens is 1110 g/mol. The van der Waals surface area contributed by atoms with Crippen LogP contribution < -0.4 is 9.80 Å². The van der Waals surface area contributed by atoms with Gasteiger partial charge in [0.25, 0.3) is 26.1 Å². The van der Waals surface area contributed by atoms with Gasteiger partial charge in [-0.25, -0.2) is 15.3 Å². The number of unbranched alkanes of at least 4 members (excludes halogenated alkanes) is 2. The molecule has 0 aromatic heterocycles. The monoisotopic (exact) mass is 1180 g/mol. The summed E-state index contributed by atoms with van der Waals surface area (Å²) < 4.78 is 79.2. The van der Waals surface area contributed by atoms with Crippen molar-refractivity contribution in [2.24, 2.45) is 0 Å². The van der Waals surface area contributed by atoms with Crippen LogP contribution in [0.5, 0.6) is 0 Å². The summed E-state index contributed by atoms with van der Waals surface area (Å²) in [5, 5.41) is 27.8. The van der Waals surface area contributed by atoms with Crippen molar-refractivity contribution < 1.29 is 74.2 Å². The molecule has 4 aliphatic rings. The normalized spacial score (nSPS) is 18.4. The number of hydrogen-bond acceptors (Lipinski definition) is 17. The molecule has 3 aliphatic heterocycles. The van der Waals surface area contributed by atoms with Gasteiger partial charge in [-0.15, -0.1) is 13.7 Å². The number of hydroxylamine groups is 2. The predicted molar refractivity (Wildman–Crippen MR) is 302 cm³/mol. The van der Waals surface area contributed by atoms with Crippen LogP contribution in [0.1, 0.15) is 116 Å². The molecule has 24 heteroatoms. The average molecular weight is 1180 g/mol. The Labute approximate surface area is 469 Å². The Bertz CT molecular complexity index is 3110. The van der Waals surface area contributed by atoms with Crippen molar-refractivity contribution in [2.45, 2.75) is 120 Å². The highest BCUT2D eigenvalue weighted by atomic mass is 35.5. The van der Waals surface area contributed by atoms with Crippen molar-refractivity contribution in [3.05, 3.63) is 118 Å². The van der Waals surface area contributed by atoms with Gasteiger partial charge in [0.15, 0.2) is 5.71 Å². The van der Waals surface area contributed by atoms with Gasteiger partial charge >= 0.3 is 5.97 Å². The molecule has 1 fully saturated rings. The minimum Gasteiger partial charge on any atom is -0.371 e. The number of amides is 1. The summed E-state index contributed by atoms with van der Waals surface area (Å²) in [5.74, 6) is -0.104. The van der Waals surface area contributed by atoms with E-state index in [2.05, 4.69) is 91.7 Å². The Morgan fingerprint density at radius 2 is 1.56 bits per heavy atom. The third-order valence-corrected chi connectivity index (χ3v) is 17.9. The zero-order valence-electron chi connectivity index (χ0n) is 44.1. The number of benzene rings is 3. The third kappa shape index (κ3) is 14.8. The number of allylic oxidation sites excluding steroid dienone is 9. The fraction of sp³-hybridized carbons (Fsp3) is 0.463. The summed E-state index contributed by atoms with van der Waals surface area (Å²) in [4.78, 5) is 34.3. The van der Waals surface area contributed by atoms with Crippen LogP contribution in [-0.4, -0.2) is 107 Å². The van der Waals surface area contributed by atoms with Crippen LogP contribution in [0.3, 0.4) is 0 Å². The maximum absolute atomic E-state index is 12.7. The lowest BCUT2D eigenvalue weighted by Gasteiger charge is -2.27. The lowest BCUT2D eigenvalue weighted by atomic mass is 9.78. The van der Waals surface area contributed by atoms with E-state index in [4.69, 9.17) is 27.0 Å². The van der Waals surface area contributed by atoms with E-state index < -0.39 is 42.8 Å². The minimum absolute atomic E-state index is 0.133. The summed E-state index contributed by atoms with van der Waals surface area (Å²) in [5.41, 5.74) is 7.92. The molecule has 4 N–H and O–H groups in total. The predicted octanol–water partition coefficient (Wildman–Crippen LogP) is 11.5. The second kappa shape index (κ2) is 26.8. The number of rotatable bonds is 28. The topological polar surface area (TPSA) is 242 Å². The number of halogens is 1. The highest BCUT2D eigenvalue weighted by molar-refractivity contribution is 7.94. The van der Waals surface area contributed by atoms with E-state index in [1.165, 1.54) is 12.1 Å². The van der Waals surface area contributed by atoms with Gasteiger partial charge in [-0.2, -0.15) is 21.4 Å². The Kier molecular flexibility index (Phi) is 21.0. The smallest absolute Gasteiger partial charge is 0.333 e. The molecule has 19 nitrogen and oxygen atoms in total. The maximum atomic E-state index is 12.7. The van der Waals surface area contributed by atoms with Gasteiger partial charge in [0.05, 0.1) is 21.8 Å². The maximum Gasteiger partial charge on any atom is 0.333 e. The summed E-state index contributed by atoms with van der Waals surface area (Å²) in [6.07, 6.45) is 14.9. The molecule has 0 atom stereocenters. The minimum atomic E-state index is -4.44. The number of carbonyl (C=O) groups is 2. The molecule has 3 heterocycles. The fourth-order valence-corrected chi connectivity index (χ4v) is 12.8. The van der Waals surface area contributed by atoms with E-state index in [1.54, 1.807) is 6.07 Å². The Morgan fingerprint density at radius 1 is 0.846 bits per heavy atom. The van der Waals surface area contributed by atoms with E-state index >= 15 is 0 Å². The van der Waals surface area contributed by atoms with Crippen molar-refractivity contribution in [3.63, 3.8) is 0 Å². The molecule has 0 spiro atoms. The summed E-state index contributed by atoms with van der Waals surface area (Å²) in [7, 11) is -8.66. The van der Waals surface area contributed by atoms with E-state index in [1.807, 2.05) is 30.3 Å². The molecule has 1 amide bonds. The number of fused-ring (bicyclic) bond motifs is 4. The molecule has 0 saturated carbocycles. The molecular formula is C54H68ClN4O15S4+. The molecule has 0 bridgehead atoms. The zero-order valence-corrected chi connectivity index (χ0v) is 48.2. The van der Waals surface area contributed by atoms with Crippen LogP contribution in [0.4, 0.5) is 17.1 Å². The second-order valence-corrected chi connectivity index (χ2v) is 25.5. The molecule has 3 aromatic rings. The van der Waals surface area contributed by atoms with Crippen molar-refractivity contribution in [1.82, 2.24) is 5.06 Å². The first-order valence-electron chi connectivity index (χ1n) is 25.8. The van der Waals surface area contributed by atoms with Crippen LogP contribution in [0.2, 0.25) is 0 Å². The van der Waals surface area contributed by atoms with Crippen LogP contribution >= 0.6 is 35.7 Å². The Balaban J connectivity index is 1.18. The van der Waals surface area contributed by atoms with Gasteiger partial charge in [-0.1, -0.05) is 60.3 Å². The Morgan fingerprint density at radius 3 is 2.22 bits per heavy atom. The lowest BCUT2D eigenvalue weighted by molar-refractivity contribution is -0.438. The van der Waals surface area contributed by atoms with Gasteiger partial charge in [0.2, 0.25) is 5.69 Å². The van der Waals surface area contributed by atoms with Gasteiger partial charge in [0.1, 0.15) is 6.54 Å². The molecule has 424 valence electrons. The van der Waals surface area contributed by atoms with Crippen LogP contribution in [0.25, 0.3) is 10.8 Å². The van der Waals surface area contributed by atoms with E-state index in [9.17, 15) is 35.5 Å². The number of anilines is 2. The van der Waals surface area contributed by atoms with E-state index in [0.717, 1.165) is 98.1 Å². The Hall–Kier alpha value is -4.60. The fourth-order valence-electron chi connectivity index (χ4n) is 10.8. The van der Waals surface area contributed by atoms with Crippen LogP contribution in [0.15, 0.2) is 112 Å². The quantitative estimate of drug-likeness (QED) is 0.0132. The van der Waals surface area contributed by atoms with Crippen LogP contribution in [-0.2, 0) is 64.2 Å². The SMILES string of the molecule is C=C1CCC(=O)N1OC(=O)CCCCC[N+]1=C(C=CC2=C(Cl)C(=CC=C3N(CCCS(=O)(=O)O)c4ccc(N(CCCSOOO)CCCSOOO)cc4C3(C)C)CCC2)C(C)(C)c2c1ccc1cc(S(=O)(=O)O)ccc21. The molecule has 0 radical (unpaired) electrons. The standard InChI is InChI=1S/C54H67ClN4O15S4/c1-37-16-27-49(60)59(37)70-50(61)15-7-6-8-30-58-46-23-17-40-35-42(78(67,68)69)21-22-43(40)51(46)54(4,5)48(58)26-19-39-14-9-13-38(52(39)55)18-25-47-53(2,3)44-36-41(20-24-45(44)57(47)31-12-34-77(64,65)66)56(28-10-32-75-73-71-62)29-11-33-76-74-72-63/h17-26,35-36H,1,6-16,27-34H2,2-5H3,(H3-,62,63,64,65,66,67,68,69)/p+1. The summed E-state index contributed by atoms with van der Waals surface area (Å²) in [6, 6.07) is 14.7. The highest BCUT2D eigenvalue weighted by Gasteiger charge is 2.46. The van der Waals surface area contributed by atoms with Crippen molar-refractivity contribution in [2.75, 3.05) is 53.2 Å². The highest BCUT2D eigenvalue weighted by Crippen LogP contribution is 2.50. The largest absolute Gasteiger partial charge is 0.371 e. The van der Waals surface area contributed by atoms with Gasteiger partial charge < -0.3 is 14.6 Å². The third-order valence-electron chi connectivity index (χ3n) is 14.5. The molecule has 0 unspecified atom stereocenters. The van der Waals surface area contributed by atoms with Crippen molar-refractivity contribution in [1.29, 1.82) is 0 Å². The van der Waals surface area contributed by atoms with E-state index in [-0.39, 0.29) is 30.1 Å². The van der Waals surface area contributed by atoms with Crippen LogP contribution in [0, 0.1) is 0 Å². The van der Waals surface area contributed by atoms with Crippen molar-refractivity contribution in [3.8, 4) is 0 Å². The van der Waals surface area contributed by atoms with Crippen molar-refractivity contribution >= 4 is 101 Å². The number of carbonyl (C=O) groups excluding carboxylic acids is 2. The first-order valence-corrected chi connectivity index (χ1v) is 31.0. The molecule has 7 rings (SSSR count). The molecule has 3 aromatic carbocycles. The van der Waals surface area contributed by atoms with Gasteiger partial charge in [-0.3, -0.25) is 13.9 Å². The summed E-state index contributed by atoms with van der Waals surface area (Å²) in [6.45, 7) is 14.5. The zero-order chi connectivity index (χ0) is 56.4. The molecule has 1 aliphatic carbocycles. The first kappa shape index (κ1) is 61.0. The first-order chi connectivity index (χ1) is 37.1. The lowest BCUT2D eigenvalue weighted by Crippen LogP contribution is -2.28.